The molecule has 1 aromatic rings. The molecule has 1 N–H and O–H groups in total. The molecule has 4 heteroatoms. The number of likely N-dealkylation sites (tertiary alicyclic amines) is 1. The summed E-state index contributed by atoms with van der Waals surface area (Å²) in [6, 6.07) is 6.09. The van der Waals surface area contributed by atoms with Gasteiger partial charge in [0.1, 0.15) is 0 Å². The highest BCUT2D eigenvalue weighted by molar-refractivity contribution is 5.46. The van der Waals surface area contributed by atoms with Crippen molar-refractivity contribution in [2.24, 2.45) is 5.92 Å². The predicted molar refractivity (Wildman–Crippen MR) is 86.1 cm³/mol. The SMILES string of the molecule is CCOc1cccc(CNCC2CCCN(C)C2)c1OC. The Bertz CT molecular complexity index is 437. The van der Waals surface area contributed by atoms with Gasteiger partial charge in [-0.25, -0.2) is 0 Å². The molecule has 1 fully saturated rings. The fourth-order valence-electron chi connectivity index (χ4n) is 3.05. The Morgan fingerprint density at radius 2 is 2.24 bits per heavy atom. The number of hydrogen-bond donors (Lipinski definition) is 1. The van der Waals surface area contributed by atoms with Crippen molar-refractivity contribution in [3.05, 3.63) is 23.8 Å². The lowest BCUT2D eigenvalue weighted by Gasteiger charge is -2.29. The lowest BCUT2D eigenvalue weighted by molar-refractivity contribution is 0.206. The minimum Gasteiger partial charge on any atom is -0.493 e. The second-order valence-electron chi connectivity index (χ2n) is 5.78. The Labute approximate surface area is 128 Å². The molecule has 118 valence electrons. The Kier molecular flexibility index (Phi) is 6.33. The van der Waals surface area contributed by atoms with Crippen LogP contribution in [0.25, 0.3) is 0 Å². The van der Waals surface area contributed by atoms with Gasteiger partial charge in [0.2, 0.25) is 0 Å². The van der Waals surface area contributed by atoms with Crippen LogP contribution in [0.2, 0.25) is 0 Å². The van der Waals surface area contributed by atoms with E-state index in [0.29, 0.717) is 6.61 Å². The molecule has 4 nitrogen and oxygen atoms in total. The summed E-state index contributed by atoms with van der Waals surface area (Å²) in [7, 11) is 3.91. The lowest BCUT2D eigenvalue weighted by atomic mass is 9.98. The van der Waals surface area contributed by atoms with Gasteiger partial charge in [-0.05, 0) is 51.9 Å². The number of ether oxygens (including phenoxy) is 2. The maximum atomic E-state index is 5.62. The molecule has 1 atom stereocenters. The number of piperidine rings is 1. The van der Waals surface area contributed by atoms with Crippen LogP contribution in [0, 0.1) is 5.92 Å². The van der Waals surface area contributed by atoms with Crippen LogP contribution >= 0.6 is 0 Å². The van der Waals surface area contributed by atoms with Gasteiger partial charge in [0.25, 0.3) is 0 Å². The van der Waals surface area contributed by atoms with Crippen LogP contribution in [0.15, 0.2) is 18.2 Å². The van der Waals surface area contributed by atoms with E-state index in [4.69, 9.17) is 9.47 Å². The molecule has 1 unspecified atom stereocenters. The average molecular weight is 292 g/mol. The van der Waals surface area contributed by atoms with Crippen LogP contribution in [0.1, 0.15) is 25.3 Å². The summed E-state index contributed by atoms with van der Waals surface area (Å²) in [6.07, 6.45) is 2.64. The maximum absolute atomic E-state index is 5.62. The van der Waals surface area contributed by atoms with Crippen LogP contribution in [0.4, 0.5) is 0 Å². The van der Waals surface area contributed by atoms with Crippen molar-refractivity contribution in [3.63, 3.8) is 0 Å². The molecule has 0 aliphatic carbocycles. The van der Waals surface area contributed by atoms with E-state index in [1.54, 1.807) is 7.11 Å². The molecule has 2 rings (SSSR count). The molecule has 1 heterocycles. The van der Waals surface area contributed by atoms with E-state index in [-0.39, 0.29) is 0 Å². The first kappa shape index (κ1) is 16.1. The third-order valence-corrected chi connectivity index (χ3v) is 4.03. The largest absolute Gasteiger partial charge is 0.493 e. The van der Waals surface area contributed by atoms with Gasteiger partial charge < -0.3 is 19.7 Å². The molecule has 0 saturated carbocycles. The van der Waals surface area contributed by atoms with Gasteiger partial charge in [0.05, 0.1) is 13.7 Å². The van der Waals surface area contributed by atoms with Gasteiger partial charge >= 0.3 is 0 Å². The first-order valence-electron chi connectivity index (χ1n) is 7.92. The summed E-state index contributed by atoms with van der Waals surface area (Å²) in [5.74, 6) is 2.44. The number of nitrogens with zero attached hydrogens (tertiary/aromatic N) is 1. The first-order chi connectivity index (χ1) is 10.2. The quantitative estimate of drug-likeness (QED) is 0.837. The molecule has 1 saturated heterocycles. The number of hydrogen-bond acceptors (Lipinski definition) is 4. The van der Waals surface area contributed by atoms with E-state index in [2.05, 4.69) is 23.3 Å². The molecule has 1 aliphatic rings. The van der Waals surface area contributed by atoms with E-state index in [1.807, 2.05) is 19.1 Å². The fraction of sp³-hybridized carbons (Fsp3) is 0.647. The Hall–Kier alpha value is -1.26. The lowest BCUT2D eigenvalue weighted by Crippen LogP contribution is -2.37. The number of methoxy groups -OCH3 is 1. The molecule has 0 amide bonds. The molecule has 0 spiro atoms. The van der Waals surface area contributed by atoms with E-state index in [1.165, 1.54) is 25.9 Å². The van der Waals surface area contributed by atoms with E-state index in [9.17, 15) is 0 Å². The van der Waals surface area contributed by atoms with Gasteiger partial charge in [0.15, 0.2) is 11.5 Å². The van der Waals surface area contributed by atoms with Crippen LogP contribution in [-0.4, -0.2) is 45.3 Å². The molecule has 0 aromatic heterocycles. The van der Waals surface area contributed by atoms with E-state index in [0.717, 1.165) is 36.1 Å². The first-order valence-corrected chi connectivity index (χ1v) is 7.92. The van der Waals surface area contributed by atoms with Crippen molar-refractivity contribution in [3.8, 4) is 11.5 Å². The van der Waals surface area contributed by atoms with Gasteiger partial charge in [-0.15, -0.1) is 0 Å². The molecular formula is C17H28N2O2. The topological polar surface area (TPSA) is 33.7 Å². The number of rotatable bonds is 7. The standard InChI is InChI=1S/C17H28N2O2/c1-4-21-16-9-5-8-15(17(16)20-3)12-18-11-14-7-6-10-19(2)13-14/h5,8-9,14,18H,4,6-7,10-13H2,1-3H3. The zero-order valence-corrected chi connectivity index (χ0v) is 13.5. The summed E-state index contributed by atoms with van der Waals surface area (Å²) < 4.78 is 11.1. The molecule has 1 aliphatic heterocycles. The Morgan fingerprint density at radius 1 is 1.38 bits per heavy atom. The highest BCUT2D eigenvalue weighted by atomic mass is 16.5. The number of para-hydroxylation sites is 1. The Morgan fingerprint density at radius 3 is 2.95 bits per heavy atom. The minimum absolute atomic E-state index is 0.654. The van der Waals surface area contributed by atoms with Gasteiger partial charge in [-0.1, -0.05) is 12.1 Å². The van der Waals surface area contributed by atoms with Gasteiger partial charge in [0, 0.05) is 18.7 Å². The summed E-state index contributed by atoms with van der Waals surface area (Å²) >= 11 is 0. The van der Waals surface area contributed by atoms with E-state index < -0.39 is 0 Å². The van der Waals surface area contributed by atoms with Gasteiger partial charge in [-0.2, -0.15) is 0 Å². The summed E-state index contributed by atoms with van der Waals surface area (Å²) in [6.45, 7) is 6.96. The van der Waals surface area contributed by atoms with Crippen LogP contribution < -0.4 is 14.8 Å². The monoisotopic (exact) mass is 292 g/mol. The molecular weight excluding hydrogens is 264 g/mol. The zero-order chi connectivity index (χ0) is 15.1. The second-order valence-corrected chi connectivity index (χ2v) is 5.78. The normalized spacial score (nSPS) is 19.5. The zero-order valence-electron chi connectivity index (χ0n) is 13.5. The summed E-state index contributed by atoms with van der Waals surface area (Å²) in [5.41, 5.74) is 1.16. The maximum Gasteiger partial charge on any atom is 0.165 e. The average Bonchev–Trinajstić information content (AvgIpc) is 2.48. The molecule has 21 heavy (non-hydrogen) atoms. The third kappa shape index (κ3) is 4.61. The number of benzene rings is 1. The van der Waals surface area contributed by atoms with Crippen molar-refractivity contribution >= 4 is 0 Å². The highest BCUT2D eigenvalue weighted by Gasteiger charge is 2.17. The van der Waals surface area contributed by atoms with Crippen LogP contribution in [0.5, 0.6) is 11.5 Å². The smallest absolute Gasteiger partial charge is 0.165 e. The van der Waals surface area contributed by atoms with Crippen molar-refractivity contribution in [1.82, 2.24) is 10.2 Å². The van der Waals surface area contributed by atoms with Crippen molar-refractivity contribution in [2.45, 2.75) is 26.3 Å². The molecule has 0 bridgehead atoms. The van der Waals surface area contributed by atoms with Crippen molar-refractivity contribution < 1.29 is 9.47 Å². The predicted octanol–water partition coefficient (Wildman–Crippen LogP) is 2.53. The third-order valence-electron chi connectivity index (χ3n) is 4.03. The van der Waals surface area contributed by atoms with Crippen LogP contribution in [-0.2, 0) is 6.54 Å². The van der Waals surface area contributed by atoms with Gasteiger partial charge in [-0.3, -0.25) is 0 Å². The molecule has 0 radical (unpaired) electrons. The second kappa shape index (κ2) is 8.25. The van der Waals surface area contributed by atoms with Crippen LogP contribution in [0.3, 0.4) is 0 Å². The summed E-state index contributed by atoms with van der Waals surface area (Å²) in [4.78, 5) is 2.42. The fourth-order valence-corrected chi connectivity index (χ4v) is 3.05. The summed E-state index contributed by atoms with van der Waals surface area (Å²) in [5, 5.41) is 3.57. The minimum atomic E-state index is 0.654. The van der Waals surface area contributed by atoms with Crippen molar-refractivity contribution in [2.75, 3.05) is 40.4 Å². The number of nitrogens with one attached hydrogen (secondary N) is 1. The van der Waals surface area contributed by atoms with Crippen molar-refractivity contribution in [1.29, 1.82) is 0 Å². The molecule has 1 aromatic carbocycles. The van der Waals surface area contributed by atoms with E-state index >= 15 is 0 Å². The highest BCUT2D eigenvalue weighted by Crippen LogP contribution is 2.31. The Balaban J connectivity index is 1.89.